The highest BCUT2D eigenvalue weighted by atomic mass is 19.1. The first-order valence-electron chi connectivity index (χ1n) is 11.1. The maximum atomic E-state index is 13.3. The van der Waals surface area contributed by atoms with E-state index >= 15 is 0 Å². The van der Waals surface area contributed by atoms with Crippen LogP contribution in [-0.4, -0.2) is 39.3 Å². The van der Waals surface area contributed by atoms with Crippen LogP contribution in [0.3, 0.4) is 0 Å². The largest absolute Gasteiger partial charge is 0.354 e. The molecule has 0 bridgehead atoms. The summed E-state index contributed by atoms with van der Waals surface area (Å²) in [6.07, 6.45) is 1.97. The molecule has 1 aliphatic carbocycles. The summed E-state index contributed by atoms with van der Waals surface area (Å²) in [4.78, 5) is 39.5. The van der Waals surface area contributed by atoms with Gasteiger partial charge in [0.1, 0.15) is 5.82 Å². The van der Waals surface area contributed by atoms with E-state index in [1.807, 2.05) is 30.3 Å². The Balaban J connectivity index is 1.24. The molecule has 1 N–H and O–H groups in total. The van der Waals surface area contributed by atoms with Gasteiger partial charge < -0.3 is 10.2 Å². The number of aromatic nitrogens is 3. The molecule has 2 fully saturated rings. The zero-order valence-electron chi connectivity index (χ0n) is 18.0. The fourth-order valence-electron chi connectivity index (χ4n) is 4.19. The molecule has 3 aromatic rings. The van der Waals surface area contributed by atoms with Crippen LogP contribution >= 0.6 is 0 Å². The molecule has 8 nitrogen and oxygen atoms in total. The maximum absolute atomic E-state index is 13.3. The smallest absolute Gasteiger partial charge is 0.346 e. The molecular weight excluding hydrogens is 425 g/mol. The van der Waals surface area contributed by atoms with Gasteiger partial charge in [-0.05, 0) is 49.2 Å². The van der Waals surface area contributed by atoms with Crippen LogP contribution in [0.2, 0.25) is 0 Å². The number of anilines is 1. The summed E-state index contributed by atoms with van der Waals surface area (Å²) in [6, 6.07) is 15.3. The van der Waals surface area contributed by atoms with Crippen LogP contribution in [0.1, 0.15) is 25.3 Å². The van der Waals surface area contributed by atoms with E-state index < -0.39 is 5.92 Å². The summed E-state index contributed by atoms with van der Waals surface area (Å²) >= 11 is 0. The van der Waals surface area contributed by atoms with Crippen LogP contribution in [0.5, 0.6) is 0 Å². The number of benzene rings is 2. The molecule has 170 valence electrons. The van der Waals surface area contributed by atoms with Crippen molar-refractivity contribution in [1.82, 2.24) is 19.7 Å². The Labute approximate surface area is 189 Å². The molecule has 1 unspecified atom stereocenters. The van der Waals surface area contributed by atoms with E-state index in [2.05, 4.69) is 10.4 Å². The predicted molar refractivity (Wildman–Crippen MR) is 120 cm³/mol. The van der Waals surface area contributed by atoms with Crippen molar-refractivity contribution in [2.75, 3.05) is 18.0 Å². The number of carbonyl (C=O) groups excluding carboxylic acids is 2. The Bertz CT molecular complexity index is 1230. The van der Waals surface area contributed by atoms with Gasteiger partial charge in [0.05, 0.1) is 12.5 Å². The maximum Gasteiger partial charge on any atom is 0.346 e. The number of hydrogen-bond acceptors (Lipinski definition) is 4. The zero-order valence-corrected chi connectivity index (χ0v) is 18.0. The van der Waals surface area contributed by atoms with Crippen molar-refractivity contribution in [3.8, 4) is 11.4 Å². The van der Waals surface area contributed by atoms with Crippen molar-refractivity contribution in [1.29, 1.82) is 0 Å². The number of hydrogen-bond donors (Lipinski definition) is 1. The average Bonchev–Trinajstić information content (AvgIpc) is 3.50. The van der Waals surface area contributed by atoms with Gasteiger partial charge in [0.15, 0.2) is 5.82 Å². The molecule has 2 aliphatic rings. The molecule has 1 saturated carbocycles. The van der Waals surface area contributed by atoms with Crippen molar-refractivity contribution in [2.24, 2.45) is 5.92 Å². The second-order valence-corrected chi connectivity index (χ2v) is 8.47. The lowest BCUT2D eigenvalue weighted by molar-refractivity contribution is -0.126. The number of carbonyl (C=O) groups is 2. The van der Waals surface area contributed by atoms with Crippen molar-refractivity contribution in [3.63, 3.8) is 0 Å². The lowest BCUT2D eigenvalue weighted by atomic mass is 10.1. The van der Waals surface area contributed by atoms with Crippen molar-refractivity contribution in [2.45, 2.75) is 31.8 Å². The van der Waals surface area contributed by atoms with Crippen LogP contribution in [-0.2, 0) is 16.1 Å². The molecule has 9 heteroatoms. The van der Waals surface area contributed by atoms with E-state index in [0.717, 1.165) is 18.5 Å². The molecule has 1 aliphatic heterocycles. The summed E-state index contributed by atoms with van der Waals surface area (Å²) in [7, 11) is 0. The molecule has 1 aromatic heterocycles. The minimum atomic E-state index is -0.437. The standard InChI is InChI=1S/C24H24FN5O3/c25-18-8-6-16(7-9-18)22-27-29(24(33)30(22)20-10-11-20)13-12-26-23(32)17-14-21(31)28(15-17)19-4-2-1-3-5-19/h1-9,17,20H,10-15H2,(H,26,32). The van der Waals surface area contributed by atoms with Gasteiger partial charge in [-0.2, -0.15) is 0 Å². The second-order valence-electron chi connectivity index (χ2n) is 8.47. The molecule has 2 amide bonds. The van der Waals surface area contributed by atoms with Gasteiger partial charge in [-0.3, -0.25) is 14.2 Å². The summed E-state index contributed by atoms with van der Waals surface area (Å²) in [5.74, 6) is -0.570. The Kier molecular flexibility index (Phi) is 5.53. The predicted octanol–water partition coefficient (Wildman–Crippen LogP) is 2.36. The highest BCUT2D eigenvalue weighted by molar-refractivity contribution is 6.00. The van der Waals surface area contributed by atoms with Gasteiger partial charge in [0.2, 0.25) is 11.8 Å². The van der Waals surface area contributed by atoms with Crippen molar-refractivity contribution >= 4 is 17.5 Å². The normalized spacial score (nSPS) is 18.0. The van der Waals surface area contributed by atoms with Crippen LogP contribution in [0.4, 0.5) is 10.1 Å². The van der Waals surface area contributed by atoms with E-state index in [1.54, 1.807) is 21.6 Å². The number of para-hydroxylation sites is 1. The van der Waals surface area contributed by atoms with Gasteiger partial charge >= 0.3 is 5.69 Å². The quantitative estimate of drug-likeness (QED) is 0.600. The molecule has 0 spiro atoms. The van der Waals surface area contributed by atoms with Gasteiger partial charge in [-0.1, -0.05) is 18.2 Å². The highest BCUT2D eigenvalue weighted by Gasteiger charge is 2.35. The second kappa shape index (κ2) is 8.65. The first kappa shape index (κ1) is 21.1. The Morgan fingerprint density at radius 1 is 1.06 bits per heavy atom. The lowest BCUT2D eigenvalue weighted by Gasteiger charge is -2.16. The first-order valence-corrected chi connectivity index (χ1v) is 11.1. The molecule has 2 aromatic carbocycles. The van der Waals surface area contributed by atoms with Gasteiger partial charge in [-0.25, -0.2) is 13.9 Å². The number of amides is 2. The topological polar surface area (TPSA) is 89.2 Å². The summed E-state index contributed by atoms with van der Waals surface area (Å²) in [6.45, 7) is 0.764. The molecular formula is C24H24FN5O3. The molecule has 2 heterocycles. The summed E-state index contributed by atoms with van der Waals surface area (Å²) in [5, 5.41) is 7.30. The first-order chi connectivity index (χ1) is 16.0. The minimum absolute atomic E-state index is 0.0790. The van der Waals surface area contributed by atoms with Crippen molar-refractivity contribution in [3.05, 3.63) is 70.9 Å². The van der Waals surface area contributed by atoms with E-state index in [4.69, 9.17) is 0 Å². The Morgan fingerprint density at radius 3 is 2.48 bits per heavy atom. The van der Waals surface area contributed by atoms with E-state index in [-0.39, 0.29) is 48.9 Å². The molecule has 1 saturated heterocycles. The third kappa shape index (κ3) is 4.30. The zero-order chi connectivity index (χ0) is 22.9. The van der Waals surface area contributed by atoms with Crippen LogP contribution < -0.4 is 15.9 Å². The Hall–Kier alpha value is -3.75. The average molecular weight is 449 g/mol. The van der Waals surface area contributed by atoms with E-state index in [0.29, 0.717) is 17.9 Å². The third-order valence-corrected chi connectivity index (χ3v) is 6.07. The van der Waals surface area contributed by atoms with Crippen LogP contribution in [0, 0.1) is 11.7 Å². The molecule has 1 atom stereocenters. The fraction of sp³-hybridized carbons (Fsp3) is 0.333. The number of nitrogens with zero attached hydrogens (tertiary/aromatic N) is 4. The third-order valence-electron chi connectivity index (χ3n) is 6.07. The van der Waals surface area contributed by atoms with E-state index in [1.165, 1.54) is 16.8 Å². The van der Waals surface area contributed by atoms with Crippen molar-refractivity contribution < 1.29 is 14.0 Å². The number of rotatable bonds is 7. The highest BCUT2D eigenvalue weighted by Crippen LogP contribution is 2.36. The lowest BCUT2D eigenvalue weighted by Crippen LogP contribution is -2.36. The number of halogens is 1. The molecule has 0 radical (unpaired) electrons. The SMILES string of the molecule is O=C(NCCn1nc(-c2ccc(F)cc2)n(C2CC2)c1=O)C1CC(=O)N(c2ccccc2)C1. The van der Waals surface area contributed by atoms with Gasteiger partial charge in [-0.15, -0.1) is 5.10 Å². The van der Waals surface area contributed by atoms with Crippen LogP contribution in [0.25, 0.3) is 11.4 Å². The van der Waals surface area contributed by atoms with Gasteiger partial charge in [0.25, 0.3) is 0 Å². The van der Waals surface area contributed by atoms with Crippen LogP contribution in [0.15, 0.2) is 59.4 Å². The monoisotopic (exact) mass is 449 g/mol. The number of nitrogens with one attached hydrogen (secondary N) is 1. The van der Waals surface area contributed by atoms with E-state index in [9.17, 15) is 18.8 Å². The Morgan fingerprint density at radius 2 is 1.79 bits per heavy atom. The molecule has 5 rings (SSSR count). The summed E-state index contributed by atoms with van der Waals surface area (Å²) in [5.41, 5.74) is 1.22. The fourth-order valence-corrected chi connectivity index (χ4v) is 4.19. The van der Waals surface area contributed by atoms with Gasteiger partial charge in [0, 0.05) is 36.8 Å². The minimum Gasteiger partial charge on any atom is -0.354 e. The molecule has 33 heavy (non-hydrogen) atoms. The summed E-state index contributed by atoms with van der Waals surface area (Å²) < 4.78 is 16.3.